The summed E-state index contributed by atoms with van der Waals surface area (Å²) in [4.78, 5) is 4.46. The fraction of sp³-hybridized carbons (Fsp3) is 0.615. The first-order valence-electron chi connectivity index (χ1n) is 6.18. The average molecular weight is 220 g/mol. The summed E-state index contributed by atoms with van der Waals surface area (Å²) in [5.74, 6) is 2.37. The van der Waals surface area contributed by atoms with E-state index in [1.54, 1.807) is 6.26 Å². The van der Waals surface area contributed by atoms with E-state index < -0.39 is 0 Å². The standard InChI is InChI=1S/C13H20N2O/c14-13(11-5-2-1-3-6-11)15-9-8-12-7-4-10-16-12/h4,7,10-11H,1-3,5-6,8-9H2,(H2,14,15). The molecule has 1 heterocycles. The highest BCUT2D eigenvalue weighted by Gasteiger charge is 2.16. The number of nitrogens with zero attached hydrogens (tertiary/aromatic N) is 1. The molecule has 0 radical (unpaired) electrons. The zero-order valence-corrected chi connectivity index (χ0v) is 9.69. The molecule has 1 aromatic heterocycles. The Morgan fingerprint density at radius 3 is 2.88 bits per heavy atom. The number of rotatable bonds is 4. The van der Waals surface area contributed by atoms with Crippen LogP contribution in [0.2, 0.25) is 0 Å². The van der Waals surface area contributed by atoms with Crippen LogP contribution in [0.15, 0.2) is 27.8 Å². The van der Waals surface area contributed by atoms with Crippen LogP contribution in [-0.4, -0.2) is 12.4 Å². The first-order chi connectivity index (χ1) is 7.86. The van der Waals surface area contributed by atoms with Crippen molar-refractivity contribution in [3.8, 4) is 0 Å². The molecular weight excluding hydrogens is 200 g/mol. The first kappa shape index (κ1) is 11.2. The molecule has 3 heteroatoms. The summed E-state index contributed by atoms with van der Waals surface area (Å²) >= 11 is 0. The van der Waals surface area contributed by atoms with Crippen LogP contribution < -0.4 is 5.73 Å². The molecule has 0 atom stereocenters. The van der Waals surface area contributed by atoms with Gasteiger partial charge in [-0.1, -0.05) is 19.3 Å². The zero-order valence-electron chi connectivity index (χ0n) is 9.69. The van der Waals surface area contributed by atoms with Crippen molar-refractivity contribution in [2.24, 2.45) is 16.6 Å². The van der Waals surface area contributed by atoms with E-state index in [2.05, 4.69) is 4.99 Å². The van der Waals surface area contributed by atoms with Gasteiger partial charge in [0.15, 0.2) is 0 Å². The summed E-state index contributed by atoms with van der Waals surface area (Å²) in [6.45, 7) is 0.746. The highest BCUT2D eigenvalue weighted by molar-refractivity contribution is 5.82. The number of amidine groups is 1. The van der Waals surface area contributed by atoms with Crippen LogP contribution in [0, 0.1) is 5.92 Å². The van der Waals surface area contributed by atoms with Gasteiger partial charge in [-0.15, -0.1) is 0 Å². The van der Waals surface area contributed by atoms with E-state index in [9.17, 15) is 0 Å². The summed E-state index contributed by atoms with van der Waals surface area (Å²) in [6, 6.07) is 3.88. The third kappa shape index (κ3) is 3.12. The van der Waals surface area contributed by atoms with Gasteiger partial charge in [-0.3, -0.25) is 4.99 Å². The maximum atomic E-state index is 6.01. The lowest BCUT2D eigenvalue weighted by Gasteiger charge is -2.20. The molecule has 0 bridgehead atoms. The maximum Gasteiger partial charge on any atom is 0.105 e. The lowest BCUT2D eigenvalue weighted by Crippen LogP contribution is -2.26. The van der Waals surface area contributed by atoms with Gasteiger partial charge in [-0.05, 0) is 25.0 Å². The van der Waals surface area contributed by atoms with Crippen LogP contribution >= 0.6 is 0 Å². The number of nitrogens with two attached hydrogens (primary N) is 1. The van der Waals surface area contributed by atoms with Gasteiger partial charge < -0.3 is 10.2 Å². The molecule has 1 aliphatic rings. The molecule has 2 N–H and O–H groups in total. The Bertz CT molecular complexity index is 324. The molecule has 0 unspecified atom stereocenters. The van der Waals surface area contributed by atoms with Crippen molar-refractivity contribution in [1.82, 2.24) is 0 Å². The Kier molecular flexibility index (Phi) is 4.03. The highest BCUT2D eigenvalue weighted by atomic mass is 16.3. The molecule has 3 nitrogen and oxygen atoms in total. The lowest BCUT2D eigenvalue weighted by molar-refractivity contribution is 0.436. The van der Waals surface area contributed by atoms with E-state index in [1.807, 2.05) is 12.1 Å². The molecule has 1 fully saturated rings. The van der Waals surface area contributed by atoms with E-state index >= 15 is 0 Å². The molecule has 0 aliphatic heterocycles. The van der Waals surface area contributed by atoms with E-state index in [0.29, 0.717) is 5.92 Å². The highest BCUT2D eigenvalue weighted by Crippen LogP contribution is 2.23. The van der Waals surface area contributed by atoms with Gasteiger partial charge in [0.1, 0.15) is 5.76 Å². The zero-order chi connectivity index (χ0) is 11.2. The third-order valence-corrected chi connectivity index (χ3v) is 3.26. The van der Waals surface area contributed by atoms with E-state index in [1.165, 1.54) is 32.1 Å². The second-order valence-corrected chi connectivity index (χ2v) is 4.47. The fourth-order valence-corrected chi connectivity index (χ4v) is 2.28. The van der Waals surface area contributed by atoms with E-state index in [0.717, 1.165) is 24.6 Å². The van der Waals surface area contributed by atoms with Gasteiger partial charge in [0, 0.05) is 18.9 Å². The van der Waals surface area contributed by atoms with Crippen molar-refractivity contribution < 1.29 is 4.42 Å². The van der Waals surface area contributed by atoms with E-state index in [4.69, 9.17) is 10.2 Å². The number of hydrogen-bond acceptors (Lipinski definition) is 2. The topological polar surface area (TPSA) is 51.5 Å². The van der Waals surface area contributed by atoms with Crippen LogP contribution in [0.5, 0.6) is 0 Å². The summed E-state index contributed by atoms with van der Waals surface area (Å²) in [6.07, 6.45) is 8.95. The SMILES string of the molecule is NC(=NCCc1ccco1)C1CCCCC1. The molecular formula is C13H20N2O. The summed E-state index contributed by atoms with van der Waals surface area (Å²) in [5, 5.41) is 0. The second-order valence-electron chi connectivity index (χ2n) is 4.47. The molecule has 0 saturated heterocycles. The molecule has 0 spiro atoms. The van der Waals surface area contributed by atoms with Crippen molar-refractivity contribution in [3.05, 3.63) is 24.2 Å². The van der Waals surface area contributed by atoms with Crippen LogP contribution in [0.3, 0.4) is 0 Å². The average Bonchev–Trinajstić information content (AvgIpc) is 2.83. The third-order valence-electron chi connectivity index (χ3n) is 3.26. The summed E-state index contributed by atoms with van der Waals surface area (Å²) < 4.78 is 5.25. The molecule has 1 aromatic rings. The number of furan rings is 1. The summed E-state index contributed by atoms with van der Waals surface area (Å²) in [7, 11) is 0. The Labute approximate surface area is 96.7 Å². The Morgan fingerprint density at radius 1 is 1.38 bits per heavy atom. The molecule has 0 amide bonds. The number of hydrogen-bond donors (Lipinski definition) is 1. The normalized spacial score (nSPS) is 18.9. The second kappa shape index (κ2) is 5.73. The number of aliphatic imine (C=N–C) groups is 1. The Morgan fingerprint density at radius 2 is 2.19 bits per heavy atom. The maximum absolute atomic E-state index is 6.01. The first-order valence-corrected chi connectivity index (χ1v) is 6.18. The van der Waals surface area contributed by atoms with Crippen LogP contribution in [0.4, 0.5) is 0 Å². The predicted octanol–water partition coefficient (Wildman–Crippen LogP) is 2.76. The van der Waals surface area contributed by atoms with Crippen LogP contribution in [0.1, 0.15) is 37.9 Å². The van der Waals surface area contributed by atoms with Crippen LogP contribution in [-0.2, 0) is 6.42 Å². The molecule has 0 aromatic carbocycles. The largest absolute Gasteiger partial charge is 0.469 e. The van der Waals surface area contributed by atoms with Crippen molar-refractivity contribution >= 4 is 5.84 Å². The van der Waals surface area contributed by atoms with Gasteiger partial charge in [-0.25, -0.2) is 0 Å². The Hall–Kier alpha value is -1.25. The van der Waals surface area contributed by atoms with Gasteiger partial charge in [0.25, 0.3) is 0 Å². The minimum atomic E-state index is 0.533. The molecule has 88 valence electrons. The van der Waals surface area contributed by atoms with Gasteiger partial charge >= 0.3 is 0 Å². The Balaban J connectivity index is 1.77. The van der Waals surface area contributed by atoms with Gasteiger partial charge in [-0.2, -0.15) is 0 Å². The molecule has 2 rings (SSSR count). The van der Waals surface area contributed by atoms with Crippen molar-refractivity contribution in [3.63, 3.8) is 0 Å². The van der Waals surface area contributed by atoms with Gasteiger partial charge in [0.2, 0.25) is 0 Å². The summed E-state index contributed by atoms with van der Waals surface area (Å²) in [5.41, 5.74) is 6.01. The van der Waals surface area contributed by atoms with Crippen molar-refractivity contribution in [2.75, 3.05) is 6.54 Å². The molecule has 1 saturated carbocycles. The lowest BCUT2D eigenvalue weighted by atomic mass is 9.88. The monoisotopic (exact) mass is 220 g/mol. The minimum Gasteiger partial charge on any atom is -0.469 e. The fourth-order valence-electron chi connectivity index (χ4n) is 2.28. The van der Waals surface area contributed by atoms with Crippen molar-refractivity contribution in [1.29, 1.82) is 0 Å². The minimum absolute atomic E-state index is 0.533. The van der Waals surface area contributed by atoms with E-state index in [-0.39, 0.29) is 0 Å². The molecule has 16 heavy (non-hydrogen) atoms. The van der Waals surface area contributed by atoms with Crippen LogP contribution in [0.25, 0.3) is 0 Å². The quantitative estimate of drug-likeness (QED) is 0.626. The van der Waals surface area contributed by atoms with Gasteiger partial charge in [0.05, 0.1) is 12.1 Å². The van der Waals surface area contributed by atoms with Crippen molar-refractivity contribution in [2.45, 2.75) is 38.5 Å². The molecule has 1 aliphatic carbocycles. The predicted molar refractivity (Wildman–Crippen MR) is 65.5 cm³/mol. The smallest absolute Gasteiger partial charge is 0.105 e.